The molecule has 1 amide bonds. The Morgan fingerprint density at radius 3 is 2.77 bits per heavy atom. The third-order valence-electron chi connectivity index (χ3n) is 4.10. The molecule has 0 aliphatic carbocycles. The molecular weight excluding hydrogens is 350 g/mol. The maximum absolute atomic E-state index is 12.4. The van der Waals surface area contributed by atoms with Gasteiger partial charge in [-0.25, -0.2) is 4.98 Å². The molecule has 0 saturated heterocycles. The smallest absolute Gasteiger partial charge is 0.262 e. The van der Waals surface area contributed by atoms with Crippen LogP contribution in [0.2, 0.25) is 0 Å². The number of hydrogen-bond acceptors (Lipinski definition) is 5. The maximum atomic E-state index is 12.4. The lowest BCUT2D eigenvalue weighted by Crippen LogP contribution is -2.29. The number of rotatable bonds is 7. The molecule has 136 valence electrons. The third-order valence-corrected chi connectivity index (χ3v) is 4.92. The lowest BCUT2D eigenvalue weighted by atomic mass is 10.2. The largest absolute Gasteiger partial charge is 0.494 e. The van der Waals surface area contributed by atoms with Gasteiger partial charge in [0.15, 0.2) is 0 Å². The van der Waals surface area contributed by atoms with Crippen molar-refractivity contribution in [2.45, 2.75) is 26.4 Å². The quantitative estimate of drug-likeness (QED) is 0.641. The number of carbonyl (C=O) groups excluding carboxylic acids is 1. The van der Waals surface area contributed by atoms with E-state index in [1.165, 1.54) is 22.2 Å². The zero-order valence-corrected chi connectivity index (χ0v) is 15.7. The standard InChI is InChI=1S/C19H21N3O3S/c1-3-25-15-6-4-14(5-7-15)12-21(2)17(23)8-10-22-13-20-18-16(19(22)24)9-11-26-18/h4-7,9,11,13H,3,8,10,12H2,1-2H3. The van der Waals surface area contributed by atoms with Gasteiger partial charge >= 0.3 is 0 Å². The summed E-state index contributed by atoms with van der Waals surface area (Å²) in [6.45, 7) is 3.41. The molecule has 1 aromatic carbocycles. The predicted octanol–water partition coefficient (Wildman–Crippen LogP) is 2.91. The minimum Gasteiger partial charge on any atom is -0.494 e. The van der Waals surface area contributed by atoms with E-state index in [0.29, 0.717) is 25.1 Å². The predicted molar refractivity (Wildman–Crippen MR) is 103 cm³/mol. The van der Waals surface area contributed by atoms with Gasteiger partial charge in [-0.3, -0.25) is 14.2 Å². The Labute approximate surface area is 155 Å². The summed E-state index contributed by atoms with van der Waals surface area (Å²) in [5.41, 5.74) is 0.932. The summed E-state index contributed by atoms with van der Waals surface area (Å²) in [5.74, 6) is 0.803. The van der Waals surface area contributed by atoms with Crippen LogP contribution >= 0.6 is 11.3 Å². The summed E-state index contributed by atoms with van der Waals surface area (Å²) in [7, 11) is 1.77. The fourth-order valence-corrected chi connectivity index (χ4v) is 3.40. The molecule has 6 nitrogen and oxygen atoms in total. The van der Waals surface area contributed by atoms with E-state index in [1.54, 1.807) is 18.0 Å². The van der Waals surface area contributed by atoms with Gasteiger partial charge < -0.3 is 9.64 Å². The van der Waals surface area contributed by atoms with Crippen LogP contribution in [0.3, 0.4) is 0 Å². The van der Waals surface area contributed by atoms with Crippen LogP contribution < -0.4 is 10.3 Å². The molecule has 0 bridgehead atoms. The second-order valence-corrected chi connectivity index (χ2v) is 6.85. The first-order valence-corrected chi connectivity index (χ1v) is 9.35. The van der Waals surface area contributed by atoms with Crippen molar-refractivity contribution >= 4 is 27.5 Å². The van der Waals surface area contributed by atoms with E-state index < -0.39 is 0 Å². The number of thiophene rings is 1. The van der Waals surface area contributed by atoms with Crippen LogP contribution in [0.5, 0.6) is 5.75 Å². The van der Waals surface area contributed by atoms with Gasteiger partial charge in [-0.2, -0.15) is 0 Å². The average molecular weight is 371 g/mol. The lowest BCUT2D eigenvalue weighted by molar-refractivity contribution is -0.130. The molecule has 7 heteroatoms. The normalized spacial score (nSPS) is 10.8. The van der Waals surface area contributed by atoms with E-state index in [0.717, 1.165) is 16.1 Å². The number of aryl methyl sites for hydroxylation is 1. The molecule has 3 rings (SSSR count). The van der Waals surface area contributed by atoms with Crippen molar-refractivity contribution in [3.63, 3.8) is 0 Å². The Morgan fingerprint density at radius 1 is 1.27 bits per heavy atom. The van der Waals surface area contributed by atoms with Crippen LogP contribution in [-0.4, -0.2) is 34.0 Å². The highest BCUT2D eigenvalue weighted by atomic mass is 32.1. The van der Waals surface area contributed by atoms with E-state index in [9.17, 15) is 9.59 Å². The van der Waals surface area contributed by atoms with E-state index in [4.69, 9.17) is 4.74 Å². The summed E-state index contributed by atoms with van der Waals surface area (Å²) in [4.78, 5) is 31.4. The SMILES string of the molecule is CCOc1ccc(CN(C)C(=O)CCn2cnc3sccc3c2=O)cc1. The number of benzene rings is 1. The van der Waals surface area contributed by atoms with Crippen LogP contribution in [0.1, 0.15) is 18.9 Å². The summed E-state index contributed by atoms with van der Waals surface area (Å²) >= 11 is 1.44. The molecule has 0 unspecified atom stereocenters. The molecule has 0 aliphatic heterocycles. The van der Waals surface area contributed by atoms with Crippen molar-refractivity contribution in [1.29, 1.82) is 0 Å². The van der Waals surface area contributed by atoms with Gasteiger partial charge in [0.25, 0.3) is 5.56 Å². The Morgan fingerprint density at radius 2 is 2.04 bits per heavy atom. The molecule has 0 aliphatic rings. The topological polar surface area (TPSA) is 64.4 Å². The number of hydrogen-bond donors (Lipinski definition) is 0. The number of ether oxygens (including phenoxy) is 1. The number of nitrogens with zero attached hydrogens (tertiary/aromatic N) is 3. The van der Waals surface area contributed by atoms with E-state index in [-0.39, 0.29) is 17.9 Å². The van der Waals surface area contributed by atoms with Crippen molar-refractivity contribution < 1.29 is 9.53 Å². The first-order valence-electron chi connectivity index (χ1n) is 8.47. The zero-order chi connectivity index (χ0) is 18.5. The number of amides is 1. The molecule has 0 radical (unpaired) electrons. The maximum Gasteiger partial charge on any atom is 0.262 e. The van der Waals surface area contributed by atoms with Crippen molar-refractivity contribution in [3.8, 4) is 5.75 Å². The highest BCUT2D eigenvalue weighted by Crippen LogP contribution is 2.15. The summed E-state index contributed by atoms with van der Waals surface area (Å²) in [6.07, 6.45) is 1.77. The van der Waals surface area contributed by atoms with Crippen LogP contribution in [0.4, 0.5) is 0 Å². The highest BCUT2D eigenvalue weighted by Gasteiger charge is 2.11. The van der Waals surface area contributed by atoms with Crippen molar-refractivity contribution in [3.05, 3.63) is 58.0 Å². The molecule has 0 saturated carbocycles. The van der Waals surface area contributed by atoms with Gasteiger partial charge in [0.2, 0.25) is 5.91 Å². The van der Waals surface area contributed by atoms with Crippen molar-refractivity contribution in [2.24, 2.45) is 0 Å². The van der Waals surface area contributed by atoms with Gasteiger partial charge in [-0.05, 0) is 36.1 Å². The highest BCUT2D eigenvalue weighted by molar-refractivity contribution is 7.16. The summed E-state index contributed by atoms with van der Waals surface area (Å²) in [6, 6.07) is 9.48. The Balaban J connectivity index is 1.58. The Hall–Kier alpha value is -2.67. The van der Waals surface area contributed by atoms with Gasteiger partial charge in [0.05, 0.1) is 18.3 Å². The first kappa shape index (κ1) is 18.1. The van der Waals surface area contributed by atoms with Crippen LogP contribution in [0.25, 0.3) is 10.2 Å². The van der Waals surface area contributed by atoms with Gasteiger partial charge in [0.1, 0.15) is 10.6 Å². The van der Waals surface area contributed by atoms with E-state index >= 15 is 0 Å². The minimum absolute atomic E-state index is 0.0174. The number of carbonyl (C=O) groups is 1. The van der Waals surface area contributed by atoms with E-state index in [1.807, 2.05) is 36.6 Å². The number of fused-ring (bicyclic) bond motifs is 1. The Kier molecular flexibility index (Phi) is 5.68. The van der Waals surface area contributed by atoms with Gasteiger partial charge in [0, 0.05) is 26.6 Å². The first-order chi connectivity index (χ1) is 12.6. The number of aromatic nitrogens is 2. The molecule has 3 aromatic rings. The van der Waals surface area contributed by atoms with Crippen LogP contribution in [-0.2, 0) is 17.9 Å². The van der Waals surface area contributed by atoms with Crippen LogP contribution in [0.15, 0.2) is 46.8 Å². The second-order valence-electron chi connectivity index (χ2n) is 5.96. The molecule has 2 aromatic heterocycles. The molecular formula is C19H21N3O3S. The molecule has 26 heavy (non-hydrogen) atoms. The Bertz CT molecular complexity index is 947. The molecule has 0 fully saturated rings. The molecule has 0 spiro atoms. The molecule has 0 atom stereocenters. The summed E-state index contributed by atoms with van der Waals surface area (Å²) < 4.78 is 6.92. The van der Waals surface area contributed by atoms with Gasteiger partial charge in [-0.15, -0.1) is 11.3 Å². The van der Waals surface area contributed by atoms with Crippen LogP contribution in [0, 0.1) is 0 Å². The monoisotopic (exact) mass is 371 g/mol. The fourth-order valence-electron chi connectivity index (χ4n) is 2.68. The minimum atomic E-state index is -0.0989. The third kappa shape index (κ3) is 4.11. The molecule has 0 N–H and O–H groups in total. The van der Waals surface area contributed by atoms with E-state index in [2.05, 4.69) is 4.98 Å². The zero-order valence-electron chi connectivity index (χ0n) is 14.8. The lowest BCUT2D eigenvalue weighted by Gasteiger charge is -2.18. The summed E-state index contributed by atoms with van der Waals surface area (Å²) in [5, 5.41) is 2.45. The van der Waals surface area contributed by atoms with Crippen molar-refractivity contribution in [2.75, 3.05) is 13.7 Å². The van der Waals surface area contributed by atoms with Crippen molar-refractivity contribution in [1.82, 2.24) is 14.5 Å². The fraction of sp³-hybridized carbons (Fsp3) is 0.316. The second kappa shape index (κ2) is 8.14. The molecule has 2 heterocycles. The average Bonchev–Trinajstić information content (AvgIpc) is 3.12. The van der Waals surface area contributed by atoms with Gasteiger partial charge in [-0.1, -0.05) is 12.1 Å².